The van der Waals surface area contributed by atoms with Crippen molar-refractivity contribution >= 4 is 51.0 Å². The summed E-state index contributed by atoms with van der Waals surface area (Å²) >= 11 is 5.90. The third-order valence-corrected chi connectivity index (χ3v) is 4.40. The van der Waals surface area contributed by atoms with Crippen LogP contribution in [0.1, 0.15) is 10.4 Å². The molecule has 12 heteroatoms. The van der Waals surface area contributed by atoms with Gasteiger partial charge in [-0.3, -0.25) is 4.55 Å². The minimum Gasteiger partial charge on any atom is -0.478 e. The number of nitrogens with zero attached hydrogens (tertiary/aromatic N) is 3. The number of rotatable bonds is 6. The summed E-state index contributed by atoms with van der Waals surface area (Å²) < 4.78 is 31.6. The number of halogens is 1. The molecule has 1 aromatic heterocycles. The number of carbonyl (C=O) groups is 1. The lowest BCUT2D eigenvalue weighted by Crippen LogP contribution is -2.05. The molecule has 3 rings (SSSR count). The first-order valence-corrected chi connectivity index (χ1v) is 9.39. The van der Waals surface area contributed by atoms with Gasteiger partial charge in [0.2, 0.25) is 17.2 Å². The third-order valence-electron chi connectivity index (χ3n) is 3.38. The second kappa shape index (κ2) is 7.76. The number of benzene rings is 2. The van der Waals surface area contributed by atoms with E-state index in [1.165, 1.54) is 42.5 Å². The molecular formula is C16H12ClN5O5S. The van der Waals surface area contributed by atoms with Crippen LogP contribution in [-0.2, 0) is 10.1 Å². The van der Waals surface area contributed by atoms with Gasteiger partial charge in [0.05, 0.1) is 10.5 Å². The summed E-state index contributed by atoms with van der Waals surface area (Å²) in [5.74, 6) is -0.943. The van der Waals surface area contributed by atoms with Crippen molar-refractivity contribution in [2.24, 2.45) is 0 Å². The first-order valence-electron chi connectivity index (χ1n) is 7.57. The van der Waals surface area contributed by atoms with Crippen LogP contribution in [0.2, 0.25) is 5.28 Å². The topological polar surface area (TPSA) is 154 Å². The Morgan fingerprint density at radius 1 is 0.929 bits per heavy atom. The van der Waals surface area contributed by atoms with Crippen LogP contribution >= 0.6 is 11.6 Å². The number of hydrogen-bond acceptors (Lipinski definition) is 8. The van der Waals surface area contributed by atoms with Crippen LogP contribution in [0, 0.1) is 0 Å². The van der Waals surface area contributed by atoms with Crippen molar-refractivity contribution < 1.29 is 22.9 Å². The summed E-state index contributed by atoms with van der Waals surface area (Å²) in [5, 5.41) is 14.4. The Hall–Kier alpha value is -3.28. The van der Waals surface area contributed by atoms with Gasteiger partial charge in [0.15, 0.2) is 0 Å². The fourth-order valence-electron chi connectivity index (χ4n) is 2.15. The number of carboxylic acids is 1. The maximum absolute atomic E-state index is 11.2. The zero-order valence-electron chi connectivity index (χ0n) is 13.9. The zero-order chi connectivity index (χ0) is 20.3. The molecule has 0 aliphatic heterocycles. The van der Waals surface area contributed by atoms with Crippen LogP contribution in [0.3, 0.4) is 0 Å². The molecule has 0 amide bonds. The Labute approximate surface area is 164 Å². The van der Waals surface area contributed by atoms with Crippen LogP contribution < -0.4 is 10.6 Å². The number of aromatic carboxylic acids is 1. The second-order valence-electron chi connectivity index (χ2n) is 5.39. The van der Waals surface area contributed by atoms with Crippen LogP contribution in [0.5, 0.6) is 0 Å². The molecule has 0 bridgehead atoms. The molecule has 10 nitrogen and oxygen atoms in total. The first-order chi connectivity index (χ1) is 13.2. The molecule has 0 spiro atoms. The molecule has 0 radical (unpaired) electrons. The molecule has 0 fully saturated rings. The molecule has 0 aliphatic rings. The van der Waals surface area contributed by atoms with E-state index in [-0.39, 0.29) is 27.6 Å². The Morgan fingerprint density at radius 3 is 2.11 bits per heavy atom. The maximum Gasteiger partial charge on any atom is 0.335 e. The van der Waals surface area contributed by atoms with Crippen LogP contribution in [-0.4, -0.2) is 39.0 Å². The van der Waals surface area contributed by atoms with Crippen molar-refractivity contribution in [2.75, 3.05) is 10.6 Å². The van der Waals surface area contributed by atoms with Crippen molar-refractivity contribution in [2.45, 2.75) is 4.90 Å². The van der Waals surface area contributed by atoms with Gasteiger partial charge in [-0.1, -0.05) is 6.07 Å². The number of carboxylic acid groups (broad SMARTS) is 1. The smallest absolute Gasteiger partial charge is 0.335 e. The van der Waals surface area contributed by atoms with Gasteiger partial charge in [-0.05, 0) is 54.1 Å². The monoisotopic (exact) mass is 421 g/mol. The van der Waals surface area contributed by atoms with Gasteiger partial charge >= 0.3 is 5.97 Å². The van der Waals surface area contributed by atoms with Crippen molar-refractivity contribution in [3.8, 4) is 0 Å². The van der Waals surface area contributed by atoms with Crippen LogP contribution in [0.25, 0.3) is 0 Å². The number of nitrogens with one attached hydrogen (secondary N) is 2. The summed E-state index contributed by atoms with van der Waals surface area (Å²) in [4.78, 5) is 22.5. The van der Waals surface area contributed by atoms with E-state index < -0.39 is 16.1 Å². The lowest BCUT2D eigenvalue weighted by Gasteiger charge is -2.09. The number of hydrogen-bond donors (Lipinski definition) is 4. The molecule has 0 aliphatic carbocycles. The lowest BCUT2D eigenvalue weighted by atomic mass is 10.2. The van der Waals surface area contributed by atoms with E-state index in [9.17, 15) is 13.2 Å². The predicted octanol–water partition coefficient (Wildman–Crippen LogP) is 2.96. The zero-order valence-corrected chi connectivity index (χ0v) is 15.4. The summed E-state index contributed by atoms with van der Waals surface area (Å²) in [6.07, 6.45) is 0. The minimum atomic E-state index is -4.36. The standard InChI is InChI=1S/C16H12ClN5O5S/c17-14-20-15(18-10-6-4-9(5-7-10)13(23)24)22-16(21-14)19-11-2-1-3-12(8-11)28(25,26)27/h1-8H,(H,23,24)(H,25,26,27)(H2,18,19,20,21,22). The van der Waals surface area contributed by atoms with E-state index in [2.05, 4.69) is 25.6 Å². The van der Waals surface area contributed by atoms with Gasteiger partial charge in [0, 0.05) is 11.4 Å². The molecule has 28 heavy (non-hydrogen) atoms. The summed E-state index contributed by atoms with van der Waals surface area (Å²) in [7, 11) is -4.36. The Bertz CT molecular complexity index is 1140. The molecule has 3 aromatic rings. The van der Waals surface area contributed by atoms with E-state index in [0.717, 1.165) is 0 Å². The average molecular weight is 422 g/mol. The fraction of sp³-hybridized carbons (Fsp3) is 0. The molecule has 144 valence electrons. The van der Waals surface area contributed by atoms with Crippen LogP contribution in [0.4, 0.5) is 23.3 Å². The van der Waals surface area contributed by atoms with E-state index in [4.69, 9.17) is 21.3 Å². The van der Waals surface area contributed by atoms with Gasteiger partial charge < -0.3 is 15.7 Å². The van der Waals surface area contributed by atoms with Gasteiger partial charge in [-0.2, -0.15) is 23.4 Å². The van der Waals surface area contributed by atoms with E-state index in [1.807, 2.05) is 0 Å². The Balaban J connectivity index is 1.83. The molecule has 1 heterocycles. The third kappa shape index (κ3) is 4.91. The SMILES string of the molecule is O=C(O)c1ccc(Nc2nc(Cl)nc(Nc3cccc(S(=O)(=O)O)c3)n2)cc1. The van der Waals surface area contributed by atoms with Crippen molar-refractivity contribution in [3.63, 3.8) is 0 Å². The van der Waals surface area contributed by atoms with Crippen molar-refractivity contribution in [1.82, 2.24) is 15.0 Å². The molecule has 2 aromatic carbocycles. The van der Waals surface area contributed by atoms with E-state index >= 15 is 0 Å². The highest BCUT2D eigenvalue weighted by Crippen LogP contribution is 2.21. The molecule has 0 unspecified atom stereocenters. The Morgan fingerprint density at radius 2 is 1.54 bits per heavy atom. The highest BCUT2D eigenvalue weighted by atomic mass is 35.5. The molecule has 0 saturated carbocycles. The number of anilines is 4. The second-order valence-corrected chi connectivity index (χ2v) is 7.15. The van der Waals surface area contributed by atoms with Crippen molar-refractivity contribution in [3.05, 3.63) is 59.4 Å². The molecular weight excluding hydrogens is 410 g/mol. The molecule has 0 atom stereocenters. The maximum atomic E-state index is 11.2. The largest absolute Gasteiger partial charge is 0.478 e. The lowest BCUT2D eigenvalue weighted by molar-refractivity contribution is 0.0697. The van der Waals surface area contributed by atoms with Crippen LogP contribution in [0.15, 0.2) is 53.4 Å². The molecule has 0 saturated heterocycles. The highest BCUT2D eigenvalue weighted by Gasteiger charge is 2.11. The predicted molar refractivity (Wildman–Crippen MR) is 101 cm³/mol. The fourth-order valence-corrected chi connectivity index (χ4v) is 2.84. The quantitative estimate of drug-likeness (QED) is 0.436. The highest BCUT2D eigenvalue weighted by molar-refractivity contribution is 7.85. The summed E-state index contributed by atoms with van der Waals surface area (Å²) in [5.41, 5.74) is 0.945. The van der Waals surface area contributed by atoms with Gasteiger partial charge in [-0.25, -0.2) is 4.79 Å². The Kier molecular flexibility index (Phi) is 5.40. The average Bonchev–Trinajstić information content (AvgIpc) is 2.61. The van der Waals surface area contributed by atoms with Gasteiger partial charge in [-0.15, -0.1) is 0 Å². The summed E-state index contributed by atoms with van der Waals surface area (Å²) in [6, 6.07) is 11.3. The normalized spacial score (nSPS) is 11.1. The van der Waals surface area contributed by atoms with E-state index in [0.29, 0.717) is 11.4 Å². The summed E-state index contributed by atoms with van der Waals surface area (Å²) in [6.45, 7) is 0. The van der Waals surface area contributed by atoms with Gasteiger partial charge in [0.25, 0.3) is 10.1 Å². The van der Waals surface area contributed by atoms with E-state index in [1.54, 1.807) is 6.07 Å². The number of aromatic nitrogens is 3. The van der Waals surface area contributed by atoms with Crippen molar-refractivity contribution in [1.29, 1.82) is 0 Å². The first kappa shape index (κ1) is 19.5. The van der Waals surface area contributed by atoms with Gasteiger partial charge in [0.1, 0.15) is 0 Å². The molecule has 4 N–H and O–H groups in total. The minimum absolute atomic E-state index is 0.0251.